The van der Waals surface area contributed by atoms with Crippen LogP contribution in [0.25, 0.3) is 43.6 Å². The average Bonchev–Trinajstić information content (AvgIpc) is 2.87. The molecule has 0 fully saturated rings. The molecule has 1 aliphatic rings. The van der Waals surface area contributed by atoms with Crippen LogP contribution in [-0.2, 0) is 17.6 Å². The summed E-state index contributed by atoms with van der Waals surface area (Å²) >= 11 is 0. The van der Waals surface area contributed by atoms with Crippen LogP contribution in [0, 0.1) is 0 Å². The summed E-state index contributed by atoms with van der Waals surface area (Å²) in [5, 5.41) is 7.00. The first-order valence-electron chi connectivity index (χ1n) is 11.6. The number of esters is 1. The molecule has 33 heavy (non-hydrogen) atoms. The predicted octanol–water partition coefficient (Wildman–Crippen LogP) is 6.66. The number of hydrogen-bond donors (Lipinski definition) is 0. The average molecular weight is 433 g/mol. The summed E-state index contributed by atoms with van der Waals surface area (Å²) in [6, 6.07) is 19.3. The van der Waals surface area contributed by atoms with Crippen LogP contribution in [0.5, 0.6) is 0 Å². The number of ether oxygens (including phenoxy) is 1. The second-order valence-electron chi connectivity index (χ2n) is 8.68. The van der Waals surface area contributed by atoms with Gasteiger partial charge in [0.2, 0.25) is 0 Å². The van der Waals surface area contributed by atoms with Crippen LogP contribution in [0.2, 0.25) is 0 Å². The zero-order valence-corrected chi connectivity index (χ0v) is 18.6. The van der Waals surface area contributed by atoms with Crippen molar-refractivity contribution < 1.29 is 9.53 Å². The van der Waals surface area contributed by atoms with E-state index >= 15 is 0 Å². The molecule has 0 N–H and O–H groups in total. The van der Waals surface area contributed by atoms with Crippen molar-refractivity contribution >= 4 is 38.3 Å². The topological polar surface area (TPSA) is 52.1 Å². The molecular weight excluding hydrogens is 408 g/mol. The number of hydrogen-bond acceptors (Lipinski definition) is 4. The number of carbonyl (C=O) groups is 1. The molecule has 162 valence electrons. The van der Waals surface area contributed by atoms with E-state index in [1.54, 1.807) is 25.4 Å². The van der Waals surface area contributed by atoms with Gasteiger partial charge in [0, 0.05) is 28.7 Å². The van der Waals surface area contributed by atoms with Crippen LogP contribution >= 0.6 is 0 Å². The van der Waals surface area contributed by atoms with E-state index < -0.39 is 5.97 Å². The Morgan fingerprint density at radius 3 is 2.61 bits per heavy atom. The molecule has 0 unspecified atom stereocenters. The second kappa shape index (κ2) is 7.96. The van der Waals surface area contributed by atoms with Crippen molar-refractivity contribution in [2.75, 3.05) is 6.61 Å². The van der Waals surface area contributed by atoms with E-state index in [4.69, 9.17) is 4.74 Å². The summed E-state index contributed by atoms with van der Waals surface area (Å²) in [5.74, 6) is -0.414. The van der Waals surface area contributed by atoms with E-state index in [1.165, 1.54) is 58.4 Å². The Morgan fingerprint density at radius 2 is 1.70 bits per heavy atom. The van der Waals surface area contributed by atoms with Gasteiger partial charge in [0.05, 0.1) is 12.3 Å². The first-order valence-corrected chi connectivity index (χ1v) is 11.6. The van der Waals surface area contributed by atoms with Crippen molar-refractivity contribution in [3.63, 3.8) is 0 Å². The van der Waals surface area contributed by atoms with E-state index in [2.05, 4.69) is 52.4 Å². The lowest BCUT2D eigenvalue weighted by Crippen LogP contribution is -2.06. The molecule has 2 heterocycles. The van der Waals surface area contributed by atoms with Crippen molar-refractivity contribution in [1.82, 2.24) is 9.97 Å². The van der Waals surface area contributed by atoms with Crippen molar-refractivity contribution in [2.45, 2.75) is 32.6 Å². The van der Waals surface area contributed by atoms with E-state index in [0.717, 1.165) is 22.0 Å². The van der Waals surface area contributed by atoms with E-state index in [0.29, 0.717) is 12.3 Å². The van der Waals surface area contributed by atoms with E-state index in [9.17, 15) is 4.79 Å². The normalized spacial score (nSPS) is 13.4. The summed E-state index contributed by atoms with van der Waals surface area (Å²) in [4.78, 5) is 21.2. The number of nitrogens with zero attached hydrogens (tertiary/aromatic N) is 2. The third-order valence-corrected chi connectivity index (χ3v) is 6.75. The van der Waals surface area contributed by atoms with Gasteiger partial charge in [-0.2, -0.15) is 0 Å². The smallest absolute Gasteiger partial charge is 0.356 e. The van der Waals surface area contributed by atoms with E-state index in [1.807, 2.05) is 6.07 Å². The van der Waals surface area contributed by atoms with Crippen LogP contribution < -0.4 is 0 Å². The molecule has 4 nitrogen and oxygen atoms in total. The van der Waals surface area contributed by atoms with Crippen LogP contribution in [0.3, 0.4) is 0 Å². The third kappa shape index (κ3) is 3.34. The lowest BCUT2D eigenvalue weighted by Gasteiger charge is -2.19. The molecule has 0 atom stereocenters. The Balaban J connectivity index is 1.51. The monoisotopic (exact) mass is 432 g/mol. The number of pyridine rings is 2. The van der Waals surface area contributed by atoms with Gasteiger partial charge in [-0.3, -0.25) is 4.98 Å². The second-order valence-corrected chi connectivity index (χ2v) is 8.68. The Hall–Kier alpha value is -3.79. The minimum Gasteiger partial charge on any atom is -0.461 e. The fraction of sp³-hybridized carbons (Fsp3) is 0.207. The van der Waals surface area contributed by atoms with Gasteiger partial charge < -0.3 is 4.74 Å². The lowest BCUT2D eigenvalue weighted by molar-refractivity contribution is 0.0519. The lowest BCUT2D eigenvalue weighted by atomic mass is 9.86. The molecule has 0 saturated heterocycles. The van der Waals surface area contributed by atoms with Gasteiger partial charge in [-0.05, 0) is 83.5 Å². The summed E-state index contributed by atoms with van der Waals surface area (Å²) < 4.78 is 5.14. The fourth-order valence-corrected chi connectivity index (χ4v) is 5.16. The minimum atomic E-state index is -0.414. The molecule has 3 aromatic carbocycles. The number of carbonyl (C=O) groups excluding carboxylic acids is 1. The maximum Gasteiger partial charge on any atom is 0.356 e. The van der Waals surface area contributed by atoms with Gasteiger partial charge in [-0.15, -0.1) is 0 Å². The minimum absolute atomic E-state index is 0.301. The molecule has 1 aliphatic carbocycles. The van der Waals surface area contributed by atoms with Crippen molar-refractivity contribution in [3.05, 3.63) is 83.8 Å². The first-order chi connectivity index (χ1) is 16.2. The number of aryl methyl sites for hydroxylation is 2. The summed E-state index contributed by atoms with van der Waals surface area (Å²) in [6.07, 6.45) is 8.44. The highest BCUT2D eigenvalue weighted by Gasteiger charge is 2.15. The maximum atomic E-state index is 12.2. The van der Waals surface area contributed by atoms with Crippen molar-refractivity contribution in [2.24, 2.45) is 0 Å². The molecular formula is C29H24N2O2. The van der Waals surface area contributed by atoms with Gasteiger partial charge >= 0.3 is 5.97 Å². The van der Waals surface area contributed by atoms with Gasteiger partial charge in [-0.25, -0.2) is 9.78 Å². The molecule has 4 heteroatoms. The van der Waals surface area contributed by atoms with Gasteiger partial charge in [0.25, 0.3) is 0 Å². The number of rotatable bonds is 3. The van der Waals surface area contributed by atoms with Crippen molar-refractivity contribution in [1.29, 1.82) is 0 Å². The zero-order chi connectivity index (χ0) is 22.4. The van der Waals surface area contributed by atoms with Gasteiger partial charge in [0.1, 0.15) is 5.69 Å². The molecule has 0 amide bonds. The third-order valence-electron chi connectivity index (χ3n) is 6.75. The maximum absolute atomic E-state index is 12.2. The molecule has 6 rings (SSSR count). The quantitative estimate of drug-likeness (QED) is 0.236. The molecule has 0 bridgehead atoms. The predicted molar refractivity (Wildman–Crippen MR) is 133 cm³/mol. The molecule has 2 aromatic heterocycles. The highest BCUT2D eigenvalue weighted by Crippen LogP contribution is 2.35. The number of fused-ring (bicyclic) bond motifs is 6. The highest BCUT2D eigenvalue weighted by atomic mass is 16.5. The standard InChI is InChI=1S/C29H24N2O2/c1-2-33-29(32)27-16-26-21(17-31-27)13-14-30-28(26)20-9-10-23-19(15-20)8-12-24-22-6-4-3-5-18(22)7-11-25(23)24/h7-17H,2-6H2,1H3. The number of benzene rings is 3. The van der Waals surface area contributed by atoms with Gasteiger partial charge in [-0.1, -0.05) is 36.4 Å². The summed E-state index contributed by atoms with van der Waals surface area (Å²) in [6.45, 7) is 2.11. The van der Waals surface area contributed by atoms with Crippen LogP contribution in [-0.4, -0.2) is 22.5 Å². The molecule has 0 spiro atoms. The molecule has 0 radical (unpaired) electrons. The Bertz CT molecular complexity index is 1550. The van der Waals surface area contributed by atoms with Crippen LogP contribution in [0.4, 0.5) is 0 Å². The fourth-order valence-electron chi connectivity index (χ4n) is 5.16. The van der Waals surface area contributed by atoms with E-state index in [-0.39, 0.29) is 0 Å². The Kier molecular flexibility index (Phi) is 4.79. The van der Waals surface area contributed by atoms with Crippen molar-refractivity contribution in [3.8, 4) is 11.3 Å². The number of aromatic nitrogens is 2. The SMILES string of the molecule is CCOC(=O)c1cc2c(-c3ccc4c(ccc5c6c(ccc54)CCCC6)c3)nccc2cn1. The Morgan fingerprint density at radius 1 is 0.848 bits per heavy atom. The largest absolute Gasteiger partial charge is 0.461 e. The summed E-state index contributed by atoms with van der Waals surface area (Å²) in [5.41, 5.74) is 5.20. The molecule has 5 aromatic rings. The van der Waals surface area contributed by atoms with Crippen LogP contribution in [0.15, 0.2) is 67.0 Å². The summed E-state index contributed by atoms with van der Waals surface area (Å²) in [7, 11) is 0. The molecule has 0 saturated carbocycles. The zero-order valence-electron chi connectivity index (χ0n) is 18.6. The van der Waals surface area contributed by atoms with Crippen LogP contribution in [0.1, 0.15) is 41.4 Å². The Labute approximate surface area is 192 Å². The molecule has 0 aliphatic heterocycles. The highest BCUT2D eigenvalue weighted by molar-refractivity contribution is 6.10. The first kappa shape index (κ1) is 19.9. The van der Waals surface area contributed by atoms with Gasteiger partial charge in [0.15, 0.2) is 0 Å².